The second-order valence-electron chi connectivity index (χ2n) is 6.53. The molecule has 0 aromatic heterocycles. The number of hydrogen-bond donors (Lipinski definition) is 1. The van der Waals surface area contributed by atoms with Gasteiger partial charge < -0.3 is 10.2 Å². The van der Waals surface area contributed by atoms with E-state index in [2.05, 4.69) is 42.3 Å². The van der Waals surface area contributed by atoms with Gasteiger partial charge in [0.05, 0.1) is 5.41 Å². The Morgan fingerprint density at radius 3 is 2.81 bits per heavy atom. The minimum absolute atomic E-state index is 0.151. The zero-order valence-electron chi connectivity index (χ0n) is 13.2. The van der Waals surface area contributed by atoms with E-state index >= 15 is 0 Å². The summed E-state index contributed by atoms with van der Waals surface area (Å²) in [5, 5.41) is 3.39. The van der Waals surface area contributed by atoms with Crippen molar-refractivity contribution in [1.82, 2.24) is 5.32 Å². The summed E-state index contributed by atoms with van der Waals surface area (Å²) in [5.74, 6) is 0.363. The van der Waals surface area contributed by atoms with Crippen LogP contribution in [-0.4, -0.2) is 25.5 Å². The molecule has 0 unspecified atom stereocenters. The first kappa shape index (κ1) is 14.6. The average Bonchev–Trinajstić information content (AvgIpc) is 2.54. The Labute approximate surface area is 127 Å². The lowest BCUT2D eigenvalue weighted by Gasteiger charge is -2.41. The number of amides is 1. The largest absolute Gasteiger partial charge is 0.317 e. The fourth-order valence-corrected chi connectivity index (χ4v) is 3.96. The van der Waals surface area contributed by atoms with Crippen molar-refractivity contribution in [2.75, 3.05) is 24.5 Å². The van der Waals surface area contributed by atoms with Crippen LogP contribution in [0, 0.1) is 12.3 Å². The molecule has 0 spiro atoms. The Morgan fingerprint density at radius 1 is 1.33 bits per heavy atom. The van der Waals surface area contributed by atoms with E-state index in [1.807, 2.05) is 0 Å². The quantitative estimate of drug-likeness (QED) is 0.906. The summed E-state index contributed by atoms with van der Waals surface area (Å²) in [6.07, 6.45) is 5.08. The lowest BCUT2D eigenvalue weighted by atomic mass is 9.75. The molecule has 2 heterocycles. The zero-order chi connectivity index (χ0) is 14.9. The number of benzene rings is 1. The van der Waals surface area contributed by atoms with Gasteiger partial charge in [-0.25, -0.2) is 0 Å². The summed E-state index contributed by atoms with van der Waals surface area (Å²) in [5.41, 5.74) is 3.62. The van der Waals surface area contributed by atoms with Crippen LogP contribution in [0.3, 0.4) is 0 Å². The summed E-state index contributed by atoms with van der Waals surface area (Å²) in [6, 6.07) is 6.43. The van der Waals surface area contributed by atoms with Crippen LogP contribution >= 0.6 is 0 Å². The molecule has 3 nitrogen and oxygen atoms in total. The molecule has 1 aromatic carbocycles. The van der Waals surface area contributed by atoms with Crippen molar-refractivity contribution >= 4 is 11.6 Å². The maximum absolute atomic E-state index is 13.3. The van der Waals surface area contributed by atoms with E-state index in [1.165, 1.54) is 16.8 Å². The van der Waals surface area contributed by atoms with Crippen molar-refractivity contribution < 1.29 is 4.79 Å². The number of rotatable bonds is 2. The number of para-hydroxylation sites is 1. The van der Waals surface area contributed by atoms with E-state index in [-0.39, 0.29) is 5.41 Å². The average molecular weight is 286 g/mol. The second kappa shape index (κ2) is 5.80. The zero-order valence-corrected chi connectivity index (χ0v) is 13.2. The summed E-state index contributed by atoms with van der Waals surface area (Å²) in [6.45, 7) is 7.12. The molecule has 1 N–H and O–H groups in total. The van der Waals surface area contributed by atoms with E-state index in [1.54, 1.807) is 0 Å². The molecule has 1 aromatic rings. The van der Waals surface area contributed by atoms with Gasteiger partial charge in [-0.1, -0.05) is 25.1 Å². The van der Waals surface area contributed by atoms with Crippen LogP contribution in [0.25, 0.3) is 0 Å². The third-order valence-corrected chi connectivity index (χ3v) is 5.36. The molecule has 1 fully saturated rings. The van der Waals surface area contributed by atoms with E-state index < -0.39 is 0 Å². The van der Waals surface area contributed by atoms with Crippen molar-refractivity contribution in [3.63, 3.8) is 0 Å². The normalized spacial score (nSPS) is 21.0. The van der Waals surface area contributed by atoms with Crippen molar-refractivity contribution in [3.8, 4) is 0 Å². The third-order valence-electron chi connectivity index (χ3n) is 5.36. The van der Waals surface area contributed by atoms with Crippen LogP contribution in [0.1, 0.15) is 43.7 Å². The van der Waals surface area contributed by atoms with Gasteiger partial charge >= 0.3 is 0 Å². The van der Waals surface area contributed by atoms with Gasteiger partial charge in [0.15, 0.2) is 0 Å². The van der Waals surface area contributed by atoms with Crippen LogP contribution in [-0.2, 0) is 11.2 Å². The van der Waals surface area contributed by atoms with Gasteiger partial charge in [0.25, 0.3) is 0 Å². The molecule has 21 heavy (non-hydrogen) atoms. The molecule has 114 valence electrons. The van der Waals surface area contributed by atoms with Crippen molar-refractivity contribution in [3.05, 3.63) is 29.3 Å². The van der Waals surface area contributed by atoms with E-state index in [9.17, 15) is 4.79 Å². The molecule has 3 rings (SSSR count). The van der Waals surface area contributed by atoms with Gasteiger partial charge in [-0.15, -0.1) is 0 Å². The molecule has 1 amide bonds. The van der Waals surface area contributed by atoms with Gasteiger partial charge in [0.1, 0.15) is 0 Å². The van der Waals surface area contributed by atoms with Crippen LogP contribution in [0.15, 0.2) is 18.2 Å². The van der Waals surface area contributed by atoms with Crippen LogP contribution in [0.2, 0.25) is 0 Å². The van der Waals surface area contributed by atoms with E-state index in [0.717, 1.165) is 51.7 Å². The van der Waals surface area contributed by atoms with Gasteiger partial charge in [0.2, 0.25) is 5.91 Å². The highest BCUT2D eigenvalue weighted by molar-refractivity contribution is 5.99. The minimum atomic E-state index is -0.151. The molecule has 0 atom stereocenters. The second-order valence-corrected chi connectivity index (χ2v) is 6.53. The Morgan fingerprint density at radius 2 is 2.10 bits per heavy atom. The first-order valence-electron chi connectivity index (χ1n) is 8.29. The highest BCUT2D eigenvalue weighted by Crippen LogP contribution is 2.39. The van der Waals surface area contributed by atoms with Crippen molar-refractivity contribution in [2.45, 2.75) is 46.0 Å². The van der Waals surface area contributed by atoms with Crippen LogP contribution < -0.4 is 10.2 Å². The van der Waals surface area contributed by atoms with Gasteiger partial charge in [-0.05, 0) is 63.2 Å². The predicted molar refractivity (Wildman–Crippen MR) is 86.7 cm³/mol. The fourth-order valence-electron chi connectivity index (χ4n) is 3.96. The molecular weight excluding hydrogens is 260 g/mol. The number of hydrogen-bond acceptors (Lipinski definition) is 2. The van der Waals surface area contributed by atoms with E-state index in [0.29, 0.717) is 5.91 Å². The molecule has 1 saturated heterocycles. The first-order chi connectivity index (χ1) is 10.2. The van der Waals surface area contributed by atoms with E-state index in [4.69, 9.17) is 0 Å². The maximum atomic E-state index is 13.3. The fraction of sp³-hybridized carbons (Fsp3) is 0.611. The van der Waals surface area contributed by atoms with Crippen molar-refractivity contribution in [1.29, 1.82) is 0 Å². The number of piperidine rings is 1. The Bertz CT molecular complexity index is 532. The standard InChI is InChI=1S/C18H26N2O/c1-3-18(9-11-19-12-10-18)17(21)20-13-5-8-15-7-4-6-14(2)16(15)20/h4,6-7,19H,3,5,8-13H2,1-2H3. The lowest BCUT2D eigenvalue weighted by molar-refractivity contribution is -0.130. The molecule has 0 aliphatic carbocycles. The number of fused-ring (bicyclic) bond motifs is 1. The highest BCUT2D eigenvalue weighted by Gasteiger charge is 2.42. The molecule has 2 aliphatic heterocycles. The topological polar surface area (TPSA) is 32.3 Å². The molecule has 0 radical (unpaired) electrons. The number of aryl methyl sites for hydroxylation is 2. The number of nitrogens with one attached hydrogen (secondary N) is 1. The van der Waals surface area contributed by atoms with Gasteiger partial charge in [0, 0.05) is 12.2 Å². The summed E-state index contributed by atoms with van der Waals surface area (Å²) < 4.78 is 0. The first-order valence-corrected chi connectivity index (χ1v) is 8.29. The smallest absolute Gasteiger partial charge is 0.233 e. The molecule has 3 heteroatoms. The predicted octanol–water partition coefficient (Wildman–Crippen LogP) is 3.05. The van der Waals surface area contributed by atoms with Crippen molar-refractivity contribution in [2.24, 2.45) is 5.41 Å². The Hall–Kier alpha value is -1.35. The molecular formula is C18H26N2O. The number of carbonyl (C=O) groups excluding carboxylic acids is 1. The van der Waals surface area contributed by atoms with Crippen LogP contribution in [0.5, 0.6) is 0 Å². The summed E-state index contributed by atoms with van der Waals surface area (Å²) >= 11 is 0. The number of nitrogens with zero attached hydrogens (tertiary/aromatic N) is 1. The monoisotopic (exact) mass is 286 g/mol. The maximum Gasteiger partial charge on any atom is 0.233 e. The number of anilines is 1. The molecule has 0 saturated carbocycles. The van der Waals surface area contributed by atoms with Gasteiger partial charge in [-0.3, -0.25) is 4.79 Å². The molecule has 0 bridgehead atoms. The van der Waals surface area contributed by atoms with Gasteiger partial charge in [-0.2, -0.15) is 0 Å². The summed E-state index contributed by atoms with van der Waals surface area (Å²) in [4.78, 5) is 15.4. The SMILES string of the molecule is CCC1(C(=O)N2CCCc3cccc(C)c32)CCNCC1. The lowest BCUT2D eigenvalue weighted by Crippen LogP contribution is -2.50. The highest BCUT2D eigenvalue weighted by atomic mass is 16.2. The number of carbonyl (C=O) groups is 1. The molecule has 2 aliphatic rings. The Balaban J connectivity index is 1.96. The van der Waals surface area contributed by atoms with Crippen LogP contribution in [0.4, 0.5) is 5.69 Å². The summed E-state index contributed by atoms with van der Waals surface area (Å²) in [7, 11) is 0. The Kier molecular flexibility index (Phi) is 4.03. The third kappa shape index (κ3) is 2.48. The minimum Gasteiger partial charge on any atom is -0.317 e.